The fourth-order valence-electron chi connectivity index (χ4n) is 3.68. The van der Waals surface area contributed by atoms with Crippen molar-refractivity contribution in [2.75, 3.05) is 6.61 Å². The molecule has 2 nitrogen and oxygen atoms in total. The molecule has 2 aromatic carbocycles. The van der Waals surface area contributed by atoms with Gasteiger partial charge in [0.05, 0.1) is 6.61 Å². The van der Waals surface area contributed by atoms with E-state index in [1.807, 2.05) is 6.92 Å². The molecule has 0 aromatic heterocycles. The highest BCUT2D eigenvalue weighted by Gasteiger charge is 2.50. The van der Waals surface area contributed by atoms with E-state index in [1.165, 1.54) is 10.4 Å². The summed E-state index contributed by atoms with van der Waals surface area (Å²) < 4.78 is 7.04. The molecule has 2 aromatic rings. The van der Waals surface area contributed by atoms with E-state index in [2.05, 4.69) is 94.4 Å². The van der Waals surface area contributed by atoms with Crippen LogP contribution in [0.3, 0.4) is 0 Å². The molecule has 27 heavy (non-hydrogen) atoms. The molecular formula is C24H34O2Si. The predicted octanol–water partition coefficient (Wildman–Crippen LogP) is 4.67. The zero-order valence-corrected chi connectivity index (χ0v) is 18.4. The van der Waals surface area contributed by atoms with Gasteiger partial charge >= 0.3 is 0 Å². The molecular weight excluding hydrogens is 348 g/mol. The molecule has 0 radical (unpaired) electrons. The van der Waals surface area contributed by atoms with Crippen LogP contribution in [0.15, 0.2) is 72.3 Å². The van der Waals surface area contributed by atoms with E-state index < -0.39 is 8.32 Å². The van der Waals surface area contributed by atoms with Crippen LogP contribution in [-0.4, -0.2) is 26.1 Å². The van der Waals surface area contributed by atoms with E-state index >= 15 is 0 Å². The van der Waals surface area contributed by atoms with Crippen LogP contribution in [0.5, 0.6) is 0 Å². The average Bonchev–Trinajstić information content (AvgIpc) is 2.66. The lowest BCUT2D eigenvalue weighted by Crippen LogP contribution is -2.67. The third kappa shape index (κ3) is 5.19. The topological polar surface area (TPSA) is 29.5 Å². The minimum atomic E-state index is -2.47. The molecule has 0 saturated heterocycles. The number of hydrogen-bond donors (Lipinski definition) is 1. The zero-order valence-electron chi connectivity index (χ0n) is 17.4. The van der Waals surface area contributed by atoms with Crippen LogP contribution in [0.2, 0.25) is 5.04 Å². The Morgan fingerprint density at radius 2 is 1.48 bits per heavy atom. The molecule has 1 atom stereocenters. The highest BCUT2D eigenvalue weighted by Crippen LogP contribution is 2.37. The first-order valence-corrected chi connectivity index (χ1v) is 11.8. The molecule has 0 bridgehead atoms. The van der Waals surface area contributed by atoms with Crippen molar-refractivity contribution < 1.29 is 9.53 Å². The molecule has 0 aliphatic heterocycles. The predicted molar refractivity (Wildman–Crippen MR) is 118 cm³/mol. The molecule has 0 aliphatic rings. The summed E-state index contributed by atoms with van der Waals surface area (Å²) in [6.45, 7) is 11.2. The van der Waals surface area contributed by atoms with Gasteiger partial charge in [0.1, 0.15) is 0 Å². The SMILES string of the molecule is C/C(=C\CCC(C)O[Si](c1ccccc1)(c1ccccc1)C(C)(C)C)CO. The lowest BCUT2D eigenvalue weighted by atomic mass is 10.2. The molecule has 0 heterocycles. The van der Waals surface area contributed by atoms with Gasteiger partial charge in [0.25, 0.3) is 8.32 Å². The second-order valence-electron chi connectivity index (χ2n) is 8.38. The van der Waals surface area contributed by atoms with E-state index in [-0.39, 0.29) is 17.7 Å². The number of rotatable bonds is 8. The lowest BCUT2D eigenvalue weighted by Gasteiger charge is -2.44. The smallest absolute Gasteiger partial charge is 0.261 e. The van der Waals surface area contributed by atoms with E-state index in [0.29, 0.717) is 0 Å². The Kier molecular flexibility index (Phi) is 7.60. The van der Waals surface area contributed by atoms with Crippen LogP contribution in [0.25, 0.3) is 0 Å². The molecule has 1 N–H and O–H groups in total. The van der Waals surface area contributed by atoms with Crippen LogP contribution in [0.1, 0.15) is 47.5 Å². The quantitative estimate of drug-likeness (QED) is 0.531. The van der Waals surface area contributed by atoms with Crippen molar-refractivity contribution in [1.29, 1.82) is 0 Å². The third-order valence-electron chi connectivity index (χ3n) is 5.11. The Morgan fingerprint density at radius 1 is 1.00 bits per heavy atom. The minimum Gasteiger partial charge on any atom is -0.405 e. The fourth-order valence-corrected chi connectivity index (χ4v) is 8.42. The fraction of sp³-hybridized carbons (Fsp3) is 0.417. The Labute approximate surface area is 166 Å². The van der Waals surface area contributed by atoms with E-state index in [1.54, 1.807) is 0 Å². The zero-order chi connectivity index (χ0) is 19.9. The number of hydrogen-bond acceptors (Lipinski definition) is 2. The lowest BCUT2D eigenvalue weighted by molar-refractivity contribution is 0.197. The minimum absolute atomic E-state index is 0.000815. The normalized spacial score (nSPS) is 14.2. The van der Waals surface area contributed by atoms with Gasteiger partial charge in [-0.15, -0.1) is 0 Å². The average molecular weight is 383 g/mol. The van der Waals surface area contributed by atoms with Gasteiger partial charge in [0, 0.05) is 6.10 Å². The number of allylic oxidation sites excluding steroid dienone is 1. The first-order chi connectivity index (χ1) is 12.8. The van der Waals surface area contributed by atoms with Crippen molar-refractivity contribution in [3.05, 3.63) is 72.3 Å². The molecule has 0 spiro atoms. The van der Waals surface area contributed by atoms with Gasteiger partial charge in [-0.05, 0) is 42.1 Å². The van der Waals surface area contributed by atoms with Gasteiger partial charge in [-0.1, -0.05) is 93.1 Å². The summed E-state index contributed by atoms with van der Waals surface area (Å²) in [5, 5.41) is 11.8. The summed E-state index contributed by atoms with van der Waals surface area (Å²) >= 11 is 0. The summed E-state index contributed by atoms with van der Waals surface area (Å²) in [6, 6.07) is 21.5. The standard InChI is InChI=1S/C24H34O2Si/c1-20(19-25)13-12-14-21(2)26-27(24(3,4)5,22-15-8-6-9-16-22)23-17-10-7-11-18-23/h6-11,13,15-18,21,25H,12,14,19H2,1-5H3/b20-13+. The van der Waals surface area contributed by atoms with Crippen LogP contribution < -0.4 is 10.4 Å². The Balaban J connectivity index is 2.43. The molecule has 0 fully saturated rings. The van der Waals surface area contributed by atoms with Gasteiger partial charge in [-0.3, -0.25) is 0 Å². The van der Waals surface area contributed by atoms with Crippen LogP contribution in [0.4, 0.5) is 0 Å². The number of aliphatic hydroxyl groups excluding tert-OH is 1. The first-order valence-electron chi connectivity index (χ1n) is 9.86. The monoisotopic (exact) mass is 382 g/mol. The van der Waals surface area contributed by atoms with Gasteiger partial charge in [-0.2, -0.15) is 0 Å². The molecule has 0 aliphatic carbocycles. The highest BCUT2D eigenvalue weighted by atomic mass is 28.4. The maximum Gasteiger partial charge on any atom is 0.261 e. The van der Waals surface area contributed by atoms with E-state index in [9.17, 15) is 5.11 Å². The second-order valence-corrected chi connectivity index (χ2v) is 12.6. The van der Waals surface area contributed by atoms with E-state index in [4.69, 9.17) is 4.43 Å². The van der Waals surface area contributed by atoms with Crippen LogP contribution in [-0.2, 0) is 4.43 Å². The molecule has 2 rings (SSSR count). The van der Waals surface area contributed by atoms with Gasteiger partial charge in [0.15, 0.2) is 0 Å². The number of benzene rings is 2. The Morgan fingerprint density at radius 3 is 1.89 bits per heavy atom. The summed E-state index contributed by atoms with van der Waals surface area (Å²) in [5.74, 6) is 0. The van der Waals surface area contributed by atoms with Crippen molar-refractivity contribution >= 4 is 18.7 Å². The van der Waals surface area contributed by atoms with Crippen LogP contribution in [0, 0.1) is 0 Å². The summed E-state index contributed by atoms with van der Waals surface area (Å²) in [7, 11) is -2.47. The maximum atomic E-state index is 9.20. The van der Waals surface area contributed by atoms with Crippen molar-refractivity contribution in [3.63, 3.8) is 0 Å². The Hall–Kier alpha value is -1.68. The summed E-state index contributed by atoms with van der Waals surface area (Å²) in [6.07, 6.45) is 4.12. The molecule has 3 heteroatoms. The molecule has 0 amide bonds. The van der Waals surface area contributed by atoms with Gasteiger partial charge in [-0.25, -0.2) is 0 Å². The second kappa shape index (κ2) is 9.49. The highest BCUT2D eigenvalue weighted by molar-refractivity contribution is 6.99. The third-order valence-corrected chi connectivity index (χ3v) is 10.3. The molecule has 146 valence electrons. The largest absolute Gasteiger partial charge is 0.405 e. The number of aliphatic hydroxyl groups is 1. The van der Waals surface area contributed by atoms with Crippen molar-refractivity contribution in [1.82, 2.24) is 0 Å². The van der Waals surface area contributed by atoms with E-state index in [0.717, 1.165) is 18.4 Å². The van der Waals surface area contributed by atoms with Gasteiger partial charge in [0.2, 0.25) is 0 Å². The van der Waals surface area contributed by atoms with Gasteiger partial charge < -0.3 is 9.53 Å². The Bertz CT molecular complexity index is 678. The summed E-state index contributed by atoms with van der Waals surface area (Å²) in [5.41, 5.74) is 1.02. The van der Waals surface area contributed by atoms with Crippen LogP contribution >= 0.6 is 0 Å². The van der Waals surface area contributed by atoms with Crippen molar-refractivity contribution in [3.8, 4) is 0 Å². The first kappa shape index (κ1) is 21.6. The van der Waals surface area contributed by atoms with Crippen molar-refractivity contribution in [2.45, 2.75) is 58.6 Å². The molecule has 0 saturated carbocycles. The maximum absolute atomic E-state index is 9.20. The molecule has 1 unspecified atom stereocenters. The summed E-state index contributed by atoms with van der Waals surface area (Å²) in [4.78, 5) is 0. The van der Waals surface area contributed by atoms with Crippen molar-refractivity contribution in [2.24, 2.45) is 0 Å².